The first-order valence-corrected chi connectivity index (χ1v) is 8.85. The zero-order valence-corrected chi connectivity index (χ0v) is 15.4. The van der Waals surface area contributed by atoms with E-state index in [1.54, 1.807) is 0 Å². The normalized spacial score (nSPS) is 11.9. The third-order valence-corrected chi connectivity index (χ3v) is 3.75. The molecular weight excluding hydrogens is 314 g/mol. The summed E-state index contributed by atoms with van der Waals surface area (Å²) < 4.78 is 11.5. The van der Waals surface area contributed by atoms with Crippen LogP contribution in [0.1, 0.15) is 39.7 Å². The summed E-state index contributed by atoms with van der Waals surface area (Å²) in [6.07, 6.45) is 1.11. The van der Waals surface area contributed by atoms with E-state index in [1.807, 2.05) is 69.3 Å². The van der Waals surface area contributed by atoms with Gasteiger partial charge in [-0.1, -0.05) is 32.0 Å². The van der Waals surface area contributed by atoms with Gasteiger partial charge in [0.15, 0.2) is 6.10 Å². The quantitative estimate of drug-likeness (QED) is 0.748. The second-order valence-corrected chi connectivity index (χ2v) is 6.20. The van der Waals surface area contributed by atoms with Gasteiger partial charge in [0.05, 0.1) is 6.10 Å². The molecule has 0 heterocycles. The van der Waals surface area contributed by atoms with E-state index >= 15 is 0 Å². The summed E-state index contributed by atoms with van der Waals surface area (Å²) in [4.78, 5) is 12.5. The van der Waals surface area contributed by atoms with Crippen LogP contribution in [0.2, 0.25) is 0 Å². The predicted molar refractivity (Wildman–Crippen MR) is 101 cm³/mol. The van der Waals surface area contributed by atoms with Crippen LogP contribution in [0.15, 0.2) is 48.5 Å². The molecule has 0 saturated heterocycles. The number of hydrogen-bond donors (Lipinski definition) is 1. The molecule has 2 aromatic rings. The zero-order valence-electron chi connectivity index (χ0n) is 15.4. The van der Waals surface area contributed by atoms with Crippen LogP contribution in [0.3, 0.4) is 0 Å². The Morgan fingerprint density at radius 1 is 1.00 bits per heavy atom. The van der Waals surface area contributed by atoms with E-state index in [9.17, 15) is 4.79 Å². The first-order chi connectivity index (χ1) is 12.0. The maximum absolute atomic E-state index is 12.5. The number of rotatable bonds is 8. The minimum atomic E-state index is -0.540. The summed E-state index contributed by atoms with van der Waals surface area (Å²) >= 11 is 0. The molecule has 0 aliphatic carbocycles. The van der Waals surface area contributed by atoms with Crippen molar-refractivity contribution in [3.05, 3.63) is 54.1 Å². The molecule has 1 N–H and O–H groups in total. The number of ether oxygens (including phenoxy) is 2. The molecule has 0 aliphatic rings. The van der Waals surface area contributed by atoms with E-state index in [2.05, 4.69) is 12.2 Å². The molecule has 0 aromatic heterocycles. The average molecular weight is 341 g/mol. The summed E-state index contributed by atoms with van der Waals surface area (Å²) in [6, 6.07) is 15.3. The smallest absolute Gasteiger partial charge is 0.265 e. The number of aryl methyl sites for hydroxylation is 1. The van der Waals surface area contributed by atoms with Gasteiger partial charge < -0.3 is 14.8 Å². The molecule has 4 heteroatoms. The van der Waals surface area contributed by atoms with Crippen LogP contribution in [0.25, 0.3) is 0 Å². The minimum absolute atomic E-state index is 0.0868. The summed E-state index contributed by atoms with van der Waals surface area (Å²) in [5, 5.41) is 2.91. The van der Waals surface area contributed by atoms with Crippen molar-refractivity contribution in [3.8, 4) is 11.5 Å². The molecule has 4 nitrogen and oxygen atoms in total. The Morgan fingerprint density at radius 3 is 2.32 bits per heavy atom. The minimum Gasteiger partial charge on any atom is -0.491 e. The Balaban J connectivity index is 2.01. The number of benzene rings is 2. The molecule has 0 saturated carbocycles. The molecule has 2 aromatic carbocycles. The lowest BCUT2D eigenvalue weighted by atomic mass is 10.1. The molecular formula is C21H27NO3. The van der Waals surface area contributed by atoms with Gasteiger partial charge in [0.1, 0.15) is 11.5 Å². The number of anilines is 1. The standard InChI is InChI=1S/C21H27NO3/c1-5-16-10-12-18(13-11-16)25-20(6-2)21(23)22-17-8-7-9-19(14-17)24-15(3)4/h7-15,20H,5-6H2,1-4H3,(H,22,23)/t20-/m0/s1. The Kier molecular flexibility index (Phi) is 6.87. The molecule has 0 fully saturated rings. The van der Waals surface area contributed by atoms with Crippen molar-refractivity contribution in [1.29, 1.82) is 0 Å². The third-order valence-electron chi connectivity index (χ3n) is 3.75. The van der Waals surface area contributed by atoms with Crippen LogP contribution in [0, 0.1) is 0 Å². The maximum atomic E-state index is 12.5. The Bertz CT molecular complexity index is 680. The lowest BCUT2D eigenvalue weighted by molar-refractivity contribution is -0.122. The van der Waals surface area contributed by atoms with Crippen molar-refractivity contribution in [2.45, 2.75) is 52.7 Å². The summed E-state index contributed by atoms with van der Waals surface area (Å²) in [5.74, 6) is 1.27. The van der Waals surface area contributed by atoms with Gasteiger partial charge in [-0.2, -0.15) is 0 Å². The van der Waals surface area contributed by atoms with Gasteiger partial charge in [-0.25, -0.2) is 0 Å². The SMILES string of the molecule is CCc1ccc(O[C@@H](CC)C(=O)Nc2cccc(OC(C)C)c2)cc1. The van der Waals surface area contributed by atoms with Gasteiger partial charge in [0.2, 0.25) is 0 Å². The van der Waals surface area contributed by atoms with E-state index in [4.69, 9.17) is 9.47 Å². The lowest BCUT2D eigenvalue weighted by Crippen LogP contribution is -2.32. The molecule has 0 unspecified atom stereocenters. The maximum Gasteiger partial charge on any atom is 0.265 e. The fourth-order valence-electron chi connectivity index (χ4n) is 2.43. The van der Waals surface area contributed by atoms with Crippen molar-refractivity contribution < 1.29 is 14.3 Å². The molecule has 25 heavy (non-hydrogen) atoms. The topological polar surface area (TPSA) is 47.6 Å². The molecule has 1 atom stereocenters. The Labute approximate surface area is 150 Å². The highest BCUT2D eigenvalue weighted by atomic mass is 16.5. The highest BCUT2D eigenvalue weighted by Gasteiger charge is 2.18. The zero-order chi connectivity index (χ0) is 18.2. The van der Waals surface area contributed by atoms with Gasteiger partial charge in [-0.15, -0.1) is 0 Å². The molecule has 1 amide bonds. The molecule has 134 valence electrons. The monoisotopic (exact) mass is 341 g/mol. The summed E-state index contributed by atoms with van der Waals surface area (Å²) in [6.45, 7) is 7.98. The highest BCUT2D eigenvalue weighted by molar-refractivity contribution is 5.94. The van der Waals surface area contributed by atoms with Crippen molar-refractivity contribution >= 4 is 11.6 Å². The van der Waals surface area contributed by atoms with Crippen LogP contribution >= 0.6 is 0 Å². The van der Waals surface area contributed by atoms with Gasteiger partial charge in [-0.05, 0) is 56.5 Å². The third kappa shape index (κ3) is 5.82. The van der Waals surface area contributed by atoms with E-state index in [1.165, 1.54) is 5.56 Å². The second-order valence-electron chi connectivity index (χ2n) is 6.20. The number of nitrogens with one attached hydrogen (secondary N) is 1. The number of amides is 1. The number of carbonyl (C=O) groups is 1. The summed E-state index contributed by atoms with van der Waals surface area (Å²) in [5.41, 5.74) is 1.94. The fourth-order valence-corrected chi connectivity index (χ4v) is 2.43. The first kappa shape index (κ1) is 18.8. The molecule has 2 rings (SSSR count). The van der Waals surface area contributed by atoms with Gasteiger partial charge in [-0.3, -0.25) is 4.79 Å². The number of hydrogen-bond acceptors (Lipinski definition) is 3. The average Bonchev–Trinajstić information content (AvgIpc) is 2.59. The first-order valence-electron chi connectivity index (χ1n) is 8.85. The van der Waals surface area contributed by atoms with Crippen LogP contribution in [0.4, 0.5) is 5.69 Å². The molecule has 0 radical (unpaired) electrons. The molecule has 0 spiro atoms. The van der Waals surface area contributed by atoms with Crippen LogP contribution in [-0.4, -0.2) is 18.1 Å². The van der Waals surface area contributed by atoms with E-state index in [0.29, 0.717) is 17.9 Å². The van der Waals surface area contributed by atoms with E-state index in [0.717, 1.165) is 12.2 Å². The summed E-state index contributed by atoms with van der Waals surface area (Å²) in [7, 11) is 0. The fraction of sp³-hybridized carbons (Fsp3) is 0.381. The van der Waals surface area contributed by atoms with Gasteiger partial charge in [0, 0.05) is 11.8 Å². The highest BCUT2D eigenvalue weighted by Crippen LogP contribution is 2.20. The van der Waals surface area contributed by atoms with Crippen LogP contribution in [-0.2, 0) is 11.2 Å². The van der Waals surface area contributed by atoms with E-state index in [-0.39, 0.29) is 12.0 Å². The molecule has 0 aliphatic heterocycles. The molecule has 0 bridgehead atoms. The van der Waals surface area contributed by atoms with Gasteiger partial charge in [0.25, 0.3) is 5.91 Å². The lowest BCUT2D eigenvalue weighted by Gasteiger charge is -2.18. The van der Waals surface area contributed by atoms with Crippen LogP contribution in [0.5, 0.6) is 11.5 Å². The van der Waals surface area contributed by atoms with Crippen molar-refractivity contribution in [2.24, 2.45) is 0 Å². The largest absolute Gasteiger partial charge is 0.491 e. The van der Waals surface area contributed by atoms with Crippen molar-refractivity contribution in [2.75, 3.05) is 5.32 Å². The van der Waals surface area contributed by atoms with Crippen molar-refractivity contribution in [1.82, 2.24) is 0 Å². The predicted octanol–water partition coefficient (Wildman–Crippen LogP) is 4.83. The Morgan fingerprint density at radius 2 is 1.72 bits per heavy atom. The Hall–Kier alpha value is -2.49. The van der Waals surface area contributed by atoms with Crippen LogP contribution < -0.4 is 14.8 Å². The van der Waals surface area contributed by atoms with Crippen molar-refractivity contribution in [3.63, 3.8) is 0 Å². The van der Waals surface area contributed by atoms with E-state index < -0.39 is 6.10 Å². The number of carbonyl (C=O) groups excluding carboxylic acids is 1. The second kappa shape index (κ2) is 9.11. The van der Waals surface area contributed by atoms with Gasteiger partial charge >= 0.3 is 0 Å².